The minimum absolute atomic E-state index is 0.524. The number of thiocarbonyl (C=S) groups is 1. The summed E-state index contributed by atoms with van der Waals surface area (Å²) in [7, 11) is 0. The lowest BCUT2D eigenvalue weighted by molar-refractivity contribution is -0.00149. The van der Waals surface area contributed by atoms with Gasteiger partial charge in [-0.15, -0.1) is 5.11 Å². The predicted octanol–water partition coefficient (Wildman–Crippen LogP) is 3.46. The van der Waals surface area contributed by atoms with E-state index in [1.54, 1.807) is 25.3 Å². The third-order valence-electron chi connectivity index (χ3n) is 3.42. The minimum Gasteiger partial charge on any atom is -0.346 e. The van der Waals surface area contributed by atoms with Crippen molar-refractivity contribution < 1.29 is 5.21 Å². The summed E-state index contributed by atoms with van der Waals surface area (Å²) >= 11 is 5.31. The highest BCUT2D eigenvalue weighted by molar-refractivity contribution is 7.80. The number of hydrogen-bond donors (Lipinski definition) is 1. The van der Waals surface area contributed by atoms with Gasteiger partial charge in [0.25, 0.3) is 0 Å². The van der Waals surface area contributed by atoms with Crippen molar-refractivity contribution in [1.82, 2.24) is 9.96 Å². The summed E-state index contributed by atoms with van der Waals surface area (Å²) in [5.41, 5.74) is 1.23. The van der Waals surface area contributed by atoms with Gasteiger partial charge in [0.15, 0.2) is 0 Å². The maximum absolute atomic E-state index is 9.68. The van der Waals surface area contributed by atoms with E-state index >= 15 is 0 Å². The first kappa shape index (κ1) is 14.9. The van der Waals surface area contributed by atoms with Crippen LogP contribution in [0.2, 0.25) is 0 Å². The molecule has 108 valence electrons. The van der Waals surface area contributed by atoms with E-state index in [1.807, 2.05) is 6.08 Å². The molecule has 0 aromatic rings. The van der Waals surface area contributed by atoms with Gasteiger partial charge >= 0.3 is 0 Å². The quantitative estimate of drug-likeness (QED) is 0.594. The molecule has 2 aliphatic heterocycles. The first-order chi connectivity index (χ1) is 9.58. The van der Waals surface area contributed by atoms with Gasteiger partial charge in [0, 0.05) is 19.3 Å². The van der Waals surface area contributed by atoms with E-state index in [9.17, 15) is 5.21 Å². The second-order valence-corrected chi connectivity index (χ2v) is 5.56. The van der Waals surface area contributed by atoms with Gasteiger partial charge in [-0.1, -0.05) is 13.0 Å². The van der Waals surface area contributed by atoms with E-state index in [-0.39, 0.29) is 0 Å². The standard InChI is InChI=1S/C14H20N4OS/c1-11-6-5-8-17(10-11)14(20)16-15-12(2)13-7-3-4-9-18(13)19/h3-4,7,9,11,19H,5-6,8,10H2,1-2H3/b13-12-,16-15?. The molecular formula is C14H20N4OS. The summed E-state index contributed by atoms with van der Waals surface area (Å²) in [6, 6.07) is 0. The van der Waals surface area contributed by atoms with Crippen LogP contribution in [0, 0.1) is 5.92 Å². The zero-order chi connectivity index (χ0) is 14.5. The topological polar surface area (TPSA) is 51.4 Å². The molecule has 0 saturated carbocycles. The minimum atomic E-state index is 0.524. The molecule has 0 amide bonds. The van der Waals surface area contributed by atoms with Crippen molar-refractivity contribution >= 4 is 17.3 Å². The van der Waals surface area contributed by atoms with Gasteiger partial charge in [0.05, 0.1) is 11.4 Å². The molecule has 0 aromatic carbocycles. The highest BCUT2D eigenvalue weighted by Crippen LogP contribution is 2.18. The summed E-state index contributed by atoms with van der Waals surface area (Å²) in [6.07, 6.45) is 9.31. The number of rotatable bonds is 1. The summed E-state index contributed by atoms with van der Waals surface area (Å²) < 4.78 is 0. The van der Waals surface area contributed by atoms with Crippen molar-refractivity contribution in [3.63, 3.8) is 0 Å². The molecule has 0 aromatic heterocycles. The first-order valence-corrected chi connectivity index (χ1v) is 7.23. The van der Waals surface area contributed by atoms with E-state index in [0.717, 1.165) is 24.6 Å². The second-order valence-electron chi connectivity index (χ2n) is 5.19. The summed E-state index contributed by atoms with van der Waals surface area (Å²) in [5.74, 6) is 0.649. The van der Waals surface area contributed by atoms with Crippen LogP contribution < -0.4 is 0 Å². The van der Waals surface area contributed by atoms with Crippen LogP contribution in [-0.4, -0.2) is 33.4 Å². The van der Waals surface area contributed by atoms with Crippen LogP contribution in [0.15, 0.2) is 46.1 Å². The van der Waals surface area contributed by atoms with Crippen LogP contribution in [0.1, 0.15) is 26.7 Å². The average Bonchev–Trinajstić information content (AvgIpc) is 2.45. The largest absolute Gasteiger partial charge is 0.346 e. The molecule has 2 aliphatic rings. The molecule has 5 nitrogen and oxygen atoms in total. The van der Waals surface area contributed by atoms with Gasteiger partial charge in [-0.3, -0.25) is 5.21 Å². The molecule has 1 unspecified atom stereocenters. The van der Waals surface area contributed by atoms with Gasteiger partial charge in [-0.05, 0) is 50.1 Å². The Balaban J connectivity index is 2.01. The number of nitrogens with zero attached hydrogens (tertiary/aromatic N) is 4. The molecule has 1 atom stereocenters. The highest BCUT2D eigenvalue weighted by atomic mass is 32.1. The highest BCUT2D eigenvalue weighted by Gasteiger charge is 2.18. The van der Waals surface area contributed by atoms with Crippen LogP contribution in [0.5, 0.6) is 0 Å². The van der Waals surface area contributed by atoms with Crippen molar-refractivity contribution in [2.24, 2.45) is 16.1 Å². The molecule has 1 N–H and O–H groups in total. The van der Waals surface area contributed by atoms with Crippen LogP contribution in [-0.2, 0) is 0 Å². The zero-order valence-corrected chi connectivity index (χ0v) is 12.7. The first-order valence-electron chi connectivity index (χ1n) is 6.82. The Morgan fingerprint density at radius 3 is 2.90 bits per heavy atom. The predicted molar refractivity (Wildman–Crippen MR) is 82.0 cm³/mol. The third kappa shape index (κ3) is 3.74. The van der Waals surface area contributed by atoms with Crippen LogP contribution >= 0.6 is 12.2 Å². The fourth-order valence-corrected chi connectivity index (χ4v) is 2.52. The van der Waals surface area contributed by atoms with Gasteiger partial charge in [-0.2, -0.15) is 5.11 Å². The molecule has 1 saturated heterocycles. The van der Waals surface area contributed by atoms with Crippen molar-refractivity contribution in [3.8, 4) is 0 Å². The van der Waals surface area contributed by atoms with Gasteiger partial charge in [0.1, 0.15) is 0 Å². The summed E-state index contributed by atoms with van der Waals surface area (Å²) in [6.45, 7) is 5.92. The van der Waals surface area contributed by atoms with Crippen molar-refractivity contribution in [1.29, 1.82) is 0 Å². The lowest BCUT2D eigenvalue weighted by atomic mass is 10.0. The second kappa shape index (κ2) is 6.76. The summed E-state index contributed by atoms with van der Waals surface area (Å²) in [5, 5.41) is 19.5. The van der Waals surface area contributed by atoms with E-state index < -0.39 is 0 Å². The van der Waals surface area contributed by atoms with Gasteiger partial charge in [0.2, 0.25) is 5.11 Å². The Bertz CT molecular complexity index is 495. The normalized spacial score (nSPS) is 25.4. The molecule has 1 fully saturated rings. The fraction of sp³-hybridized carbons (Fsp3) is 0.500. The molecule has 20 heavy (non-hydrogen) atoms. The molecule has 0 aliphatic carbocycles. The van der Waals surface area contributed by atoms with Crippen LogP contribution in [0.3, 0.4) is 0 Å². The number of hydroxylamine groups is 2. The SMILES string of the molecule is C/C(N=NC(=S)N1CCCC(C)C1)=C1\C=CC=CN1O. The van der Waals surface area contributed by atoms with E-state index in [2.05, 4.69) is 22.1 Å². The Hall–Kier alpha value is -1.53. The van der Waals surface area contributed by atoms with E-state index in [4.69, 9.17) is 12.2 Å². The Kier molecular flexibility index (Phi) is 5.03. The number of piperidine rings is 1. The summed E-state index contributed by atoms with van der Waals surface area (Å²) in [4.78, 5) is 2.10. The maximum atomic E-state index is 9.68. The molecule has 0 radical (unpaired) electrons. The molecule has 0 spiro atoms. The van der Waals surface area contributed by atoms with Crippen LogP contribution in [0.25, 0.3) is 0 Å². The maximum Gasteiger partial charge on any atom is 0.216 e. The molecule has 6 heteroatoms. The van der Waals surface area contributed by atoms with Crippen LogP contribution in [0.4, 0.5) is 0 Å². The van der Waals surface area contributed by atoms with Crippen molar-refractivity contribution in [3.05, 3.63) is 35.8 Å². The average molecular weight is 292 g/mol. The molecule has 2 rings (SSSR count). The zero-order valence-electron chi connectivity index (χ0n) is 11.9. The lowest BCUT2D eigenvalue weighted by Crippen LogP contribution is -2.37. The van der Waals surface area contributed by atoms with Gasteiger partial charge < -0.3 is 4.90 Å². The van der Waals surface area contributed by atoms with E-state index in [1.165, 1.54) is 6.42 Å². The Morgan fingerprint density at radius 1 is 1.40 bits per heavy atom. The lowest BCUT2D eigenvalue weighted by Gasteiger charge is -2.30. The van der Waals surface area contributed by atoms with Gasteiger partial charge in [-0.25, -0.2) is 5.06 Å². The van der Waals surface area contributed by atoms with E-state index in [0.29, 0.717) is 22.4 Å². The number of hydrogen-bond acceptors (Lipinski definition) is 4. The molecular weight excluding hydrogens is 272 g/mol. The molecule has 0 bridgehead atoms. The smallest absolute Gasteiger partial charge is 0.216 e. The number of azo groups is 1. The molecule has 2 heterocycles. The Labute approximate surface area is 124 Å². The van der Waals surface area contributed by atoms with Crippen molar-refractivity contribution in [2.75, 3.05) is 13.1 Å². The number of likely N-dealkylation sites (tertiary alicyclic amines) is 1. The number of allylic oxidation sites excluding steroid dienone is 4. The van der Waals surface area contributed by atoms with Crippen molar-refractivity contribution in [2.45, 2.75) is 26.7 Å². The fourth-order valence-electron chi connectivity index (χ4n) is 2.32. The third-order valence-corrected chi connectivity index (χ3v) is 3.76. The Morgan fingerprint density at radius 2 is 2.20 bits per heavy atom. The monoisotopic (exact) mass is 292 g/mol.